The number of amides is 2. The molecule has 0 spiro atoms. The summed E-state index contributed by atoms with van der Waals surface area (Å²) >= 11 is 0. The standard InChI is InChI=1S/C15H28N2O3S/c1-15(2,9-10-21(3,19)20)12-17-14(18)16-11-13-7-5-4-6-8-13/h4-5,13H,6-12H2,1-3H3,(H2,16,17,18). The zero-order chi connectivity index (χ0) is 15.9. The molecule has 122 valence electrons. The fraction of sp³-hybridized carbons (Fsp3) is 0.800. The fourth-order valence-corrected chi connectivity index (χ4v) is 3.13. The van der Waals surface area contributed by atoms with Gasteiger partial charge in [0, 0.05) is 19.3 Å². The summed E-state index contributed by atoms with van der Waals surface area (Å²) in [6.45, 7) is 5.09. The third-order valence-corrected chi connectivity index (χ3v) is 4.75. The number of hydrogen-bond donors (Lipinski definition) is 2. The van der Waals surface area contributed by atoms with Crippen LogP contribution in [-0.2, 0) is 9.84 Å². The highest BCUT2D eigenvalue weighted by Gasteiger charge is 2.21. The highest BCUT2D eigenvalue weighted by molar-refractivity contribution is 7.90. The maximum absolute atomic E-state index is 11.8. The number of hydrogen-bond acceptors (Lipinski definition) is 3. The Bertz CT molecular complexity index is 469. The quantitative estimate of drug-likeness (QED) is 0.706. The summed E-state index contributed by atoms with van der Waals surface area (Å²) in [5.74, 6) is 0.677. The summed E-state index contributed by atoms with van der Waals surface area (Å²) in [4.78, 5) is 11.8. The number of urea groups is 1. The smallest absolute Gasteiger partial charge is 0.314 e. The Hall–Kier alpha value is -1.04. The van der Waals surface area contributed by atoms with Crippen molar-refractivity contribution in [2.45, 2.75) is 39.5 Å². The summed E-state index contributed by atoms with van der Waals surface area (Å²) in [6, 6.07) is -0.169. The molecule has 1 aliphatic carbocycles. The second kappa shape index (κ2) is 7.82. The van der Waals surface area contributed by atoms with Crippen LogP contribution in [0.4, 0.5) is 4.79 Å². The first-order valence-electron chi connectivity index (χ1n) is 7.52. The average Bonchev–Trinajstić information content (AvgIpc) is 2.41. The summed E-state index contributed by atoms with van der Waals surface area (Å²) in [7, 11) is -2.96. The molecule has 2 amide bonds. The van der Waals surface area contributed by atoms with Crippen LogP contribution in [0.15, 0.2) is 12.2 Å². The van der Waals surface area contributed by atoms with E-state index in [-0.39, 0.29) is 17.2 Å². The highest BCUT2D eigenvalue weighted by Crippen LogP contribution is 2.20. The minimum absolute atomic E-state index is 0.151. The van der Waals surface area contributed by atoms with Crippen molar-refractivity contribution in [3.05, 3.63) is 12.2 Å². The Morgan fingerprint density at radius 3 is 2.57 bits per heavy atom. The fourth-order valence-electron chi connectivity index (χ4n) is 2.21. The molecule has 21 heavy (non-hydrogen) atoms. The van der Waals surface area contributed by atoms with Crippen molar-refractivity contribution in [3.63, 3.8) is 0 Å². The lowest BCUT2D eigenvalue weighted by molar-refractivity contribution is 0.230. The van der Waals surface area contributed by atoms with Crippen molar-refractivity contribution in [1.82, 2.24) is 10.6 Å². The largest absolute Gasteiger partial charge is 0.338 e. The van der Waals surface area contributed by atoms with Crippen LogP contribution in [0.5, 0.6) is 0 Å². The van der Waals surface area contributed by atoms with E-state index in [0.717, 1.165) is 19.3 Å². The maximum atomic E-state index is 11.8. The molecule has 0 heterocycles. The number of sulfone groups is 1. The van der Waals surface area contributed by atoms with Gasteiger partial charge < -0.3 is 10.6 Å². The Balaban J connectivity index is 2.23. The van der Waals surface area contributed by atoms with Crippen LogP contribution < -0.4 is 10.6 Å². The molecule has 2 N–H and O–H groups in total. The Labute approximate surface area is 128 Å². The second-order valence-corrected chi connectivity index (χ2v) is 9.02. The van der Waals surface area contributed by atoms with E-state index in [2.05, 4.69) is 22.8 Å². The lowest BCUT2D eigenvalue weighted by Gasteiger charge is -2.25. The maximum Gasteiger partial charge on any atom is 0.314 e. The van der Waals surface area contributed by atoms with Gasteiger partial charge in [-0.05, 0) is 37.0 Å². The minimum atomic E-state index is -2.96. The van der Waals surface area contributed by atoms with E-state index in [1.54, 1.807) is 0 Å². The van der Waals surface area contributed by atoms with E-state index < -0.39 is 9.84 Å². The van der Waals surface area contributed by atoms with E-state index in [1.807, 2.05) is 13.8 Å². The molecule has 1 unspecified atom stereocenters. The van der Waals surface area contributed by atoms with Gasteiger partial charge in [0.15, 0.2) is 0 Å². The molecule has 0 aliphatic heterocycles. The molecule has 1 atom stereocenters. The van der Waals surface area contributed by atoms with Gasteiger partial charge in [-0.2, -0.15) is 0 Å². The highest BCUT2D eigenvalue weighted by atomic mass is 32.2. The first kappa shape index (κ1) is 18.0. The summed E-state index contributed by atoms with van der Waals surface area (Å²) in [5, 5.41) is 5.73. The van der Waals surface area contributed by atoms with Gasteiger partial charge in [0.2, 0.25) is 0 Å². The lowest BCUT2D eigenvalue weighted by atomic mass is 9.90. The predicted molar refractivity (Wildman–Crippen MR) is 86.0 cm³/mol. The van der Waals surface area contributed by atoms with Crippen LogP contribution >= 0.6 is 0 Å². The van der Waals surface area contributed by atoms with E-state index in [0.29, 0.717) is 25.4 Å². The Morgan fingerprint density at radius 1 is 1.29 bits per heavy atom. The Kier molecular flexibility index (Phi) is 6.71. The van der Waals surface area contributed by atoms with Gasteiger partial charge in [-0.1, -0.05) is 26.0 Å². The average molecular weight is 316 g/mol. The van der Waals surface area contributed by atoms with Crippen molar-refractivity contribution in [3.8, 4) is 0 Å². The number of carbonyl (C=O) groups is 1. The van der Waals surface area contributed by atoms with Gasteiger partial charge in [-0.15, -0.1) is 0 Å². The Morgan fingerprint density at radius 2 is 2.00 bits per heavy atom. The monoisotopic (exact) mass is 316 g/mol. The zero-order valence-corrected chi connectivity index (χ0v) is 14.1. The molecule has 0 aromatic heterocycles. The third kappa shape index (κ3) is 8.75. The molecule has 0 aromatic carbocycles. The van der Waals surface area contributed by atoms with Gasteiger partial charge in [0.05, 0.1) is 5.75 Å². The van der Waals surface area contributed by atoms with Crippen LogP contribution in [-0.4, -0.2) is 39.5 Å². The van der Waals surface area contributed by atoms with Crippen molar-refractivity contribution in [1.29, 1.82) is 0 Å². The van der Waals surface area contributed by atoms with Crippen LogP contribution in [0.2, 0.25) is 0 Å². The van der Waals surface area contributed by atoms with Crippen LogP contribution in [0.25, 0.3) is 0 Å². The molecule has 0 aromatic rings. The van der Waals surface area contributed by atoms with Gasteiger partial charge >= 0.3 is 6.03 Å². The molecule has 0 bridgehead atoms. The van der Waals surface area contributed by atoms with Gasteiger partial charge in [0.1, 0.15) is 9.84 Å². The zero-order valence-electron chi connectivity index (χ0n) is 13.3. The molecule has 6 heteroatoms. The molecule has 5 nitrogen and oxygen atoms in total. The molecule has 0 fully saturated rings. The molecule has 1 aliphatic rings. The molecule has 0 saturated heterocycles. The summed E-state index contributed by atoms with van der Waals surface area (Å²) in [6.07, 6.45) is 9.37. The van der Waals surface area contributed by atoms with E-state index >= 15 is 0 Å². The molecular weight excluding hydrogens is 288 g/mol. The first-order chi connectivity index (χ1) is 9.68. The minimum Gasteiger partial charge on any atom is -0.338 e. The van der Waals surface area contributed by atoms with Crippen molar-refractivity contribution >= 4 is 15.9 Å². The van der Waals surface area contributed by atoms with Gasteiger partial charge in [-0.3, -0.25) is 0 Å². The summed E-state index contributed by atoms with van der Waals surface area (Å²) < 4.78 is 22.4. The first-order valence-corrected chi connectivity index (χ1v) is 9.58. The van der Waals surface area contributed by atoms with Gasteiger partial charge in [-0.25, -0.2) is 13.2 Å². The van der Waals surface area contributed by atoms with E-state index in [4.69, 9.17) is 0 Å². The van der Waals surface area contributed by atoms with Crippen molar-refractivity contribution < 1.29 is 13.2 Å². The van der Waals surface area contributed by atoms with E-state index in [9.17, 15) is 13.2 Å². The van der Waals surface area contributed by atoms with Crippen molar-refractivity contribution in [2.24, 2.45) is 11.3 Å². The molecule has 0 radical (unpaired) electrons. The van der Waals surface area contributed by atoms with Crippen LogP contribution in [0.1, 0.15) is 39.5 Å². The van der Waals surface area contributed by atoms with Crippen LogP contribution in [0, 0.1) is 11.3 Å². The number of carbonyl (C=O) groups excluding carboxylic acids is 1. The van der Waals surface area contributed by atoms with Crippen molar-refractivity contribution in [2.75, 3.05) is 25.1 Å². The lowest BCUT2D eigenvalue weighted by Crippen LogP contribution is -2.42. The molecular formula is C15H28N2O3S. The number of rotatable bonds is 7. The SMILES string of the molecule is CC(C)(CCS(C)(=O)=O)CNC(=O)NCC1CC=CCC1. The van der Waals surface area contributed by atoms with Gasteiger partial charge in [0.25, 0.3) is 0 Å². The number of nitrogens with one attached hydrogen (secondary N) is 2. The predicted octanol–water partition coefficient (Wildman–Crippen LogP) is 2.10. The number of allylic oxidation sites excluding steroid dienone is 2. The third-order valence-electron chi connectivity index (χ3n) is 3.81. The second-order valence-electron chi connectivity index (χ2n) is 6.76. The topological polar surface area (TPSA) is 75.3 Å². The van der Waals surface area contributed by atoms with Crippen LogP contribution in [0.3, 0.4) is 0 Å². The summed E-state index contributed by atoms with van der Waals surface area (Å²) in [5.41, 5.74) is -0.228. The molecule has 1 rings (SSSR count). The molecule has 0 saturated carbocycles. The van der Waals surface area contributed by atoms with E-state index in [1.165, 1.54) is 6.26 Å². The normalized spacial score (nSPS) is 19.3.